The van der Waals surface area contributed by atoms with Crippen LogP contribution in [0.2, 0.25) is 0 Å². The molecule has 2 aromatic rings. The van der Waals surface area contributed by atoms with Gasteiger partial charge in [0.2, 0.25) is 5.95 Å². The summed E-state index contributed by atoms with van der Waals surface area (Å²) in [6.07, 6.45) is 4.71. The topological polar surface area (TPSA) is 55.0 Å². The van der Waals surface area contributed by atoms with Crippen LogP contribution >= 0.6 is 22.6 Å². The number of nitrogens with zero attached hydrogens (tertiary/aromatic N) is 3. The van der Waals surface area contributed by atoms with Crippen molar-refractivity contribution in [2.75, 3.05) is 17.2 Å². The molecule has 0 unspecified atom stereocenters. The highest BCUT2D eigenvalue weighted by Gasteiger charge is 2.18. The van der Waals surface area contributed by atoms with E-state index in [0.29, 0.717) is 0 Å². The van der Waals surface area contributed by atoms with E-state index in [4.69, 9.17) is 5.73 Å². The summed E-state index contributed by atoms with van der Waals surface area (Å²) in [5.41, 5.74) is 9.32. The van der Waals surface area contributed by atoms with Crippen LogP contribution in [0, 0.1) is 3.57 Å². The first-order valence-electron chi connectivity index (χ1n) is 5.82. The second-order valence-corrected chi connectivity index (χ2v) is 5.65. The molecule has 1 aromatic carbocycles. The molecule has 1 aliphatic heterocycles. The molecule has 0 saturated carbocycles. The number of rotatable bonds is 1. The van der Waals surface area contributed by atoms with E-state index < -0.39 is 0 Å². The Bertz CT molecular complexity index is 568. The largest absolute Gasteiger partial charge is 0.399 e. The Balaban J connectivity index is 1.88. The summed E-state index contributed by atoms with van der Waals surface area (Å²) in [5, 5.41) is 0. The van der Waals surface area contributed by atoms with Gasteiger partial charge >= 0.3 is 0 Å². The molecule has 4 nitrogen and oxygen atoms in total. The minimum atomic E-state index is 0.795. The van der Waals surface area contributed by atoms with Crippen LogP contribution in [0.15, 0.2) is 30.6 Å². The third-order valence-electron chi connectivity index (χ3n) is 3.13. The van der Waals surface area contributed by atoms with Crippen LogP contribution in [0.3, 0.4) is 0 Å². The molecule has 2 heterocycles. The Hall–Kier alpha value is -1.37. The first-order chi connectivity index (χ1) is 8.72. The van der Waals surface area contributed by atoms with Crippen molar-refractivity contribution in [3.63, 3.8) is 0 Å². The maximum Gasteiger partial charge on any atom is 0.225 e. The minimum absolute atomic E-state index is 0.795. The van der Waals surface area contributed by atoms with Crippen molar-refractivity contribution in [2.24, 2.45) is 0 Å². The fourth-order valence-corrected chi connectivity index (χ4v) is 2.50. The molecule has 0 aliphatic carbocycles. The number of fused-ring (bicyclic) bond motifs is 1. The van der Waals surface area contributed by atoms with Gasteiger partial charge in [-0.05, 0) is 52.3 Å². The predicted molar refractivity (Wildman–Crippen MR) is 80.4 cm³/mol. The molecule has 2 N–H and O–H groups in total. The average Bonchev–Trinajstić information content (AvgIpc) is 2.38. The van der Waals surface area contributed by atoms with Crippen LogP contribution < -0.4 is 10.6 Å². The summed E-state index contributed by atoms with van der Waals surface area (Å²) >= 11 is 2.21. The molecule has 3 rings (SSSR count). The molecule has 0 spiro atoms. The van der Waals surface area contributed by atoms with Crippen molar-refractivity contribution in [1.29, 1.82) is 0 Å². The zero-order valence-corrected chi connectivity index (χ0v) is 12.0. The molecule has 0 saturated heterocycles. The normalized spacial score (nSPS) is 14.4. The lowest BCUT2D eigenvalue weighted by Crippen LogP contribution is -2.31. The number of nitrogen functional groups attached to an aromatic ring is 1. The first-order valence-corrected chi connectivity index (χ1v) is 6.90. The summed E-state index contributed by atoms with van der Waals surface area (Å²) in [6.45, 7) is 1.79. The lowest BCUT2D eigenvalue weighted by molar-refractivity contribution is 0.707. The average molecular weight is 352 g/mol. The third kappa shape index (κ3) is 2.27. The van der Waals surface area contributed by atoms with Crippen molar-refractivity contribution < 1.29 is 0 Å². The van der Waals surface area contributed by atoms with E-state index >= 15 is 0 Å². The van der Waals surface area contributed by atoms with Gasteiger partial charge in [0.15, 0.2) is 0 Å². The Kier molecular flexibility index (Phi) is 3.07. The Morgan fingerprint density at radius 3 is 2.72 bits per heavy atom. The van der Waals surface area contributed by atoms with Crippen LogP contribution in [0.25, 0.3) is 0 Å². The van der Waals surface area contributed by atoms with Gasteiger partial charge < -0.3 is 10.6 Å². The highest BCUT2D eigenvalue weighted by atomic mass is 127. The van der Waals surface area contributed by atoms with Gasteiger partial charge in [-0.25, -0.2) is 9.97 Å². The van der Waals surface area contributed by atoms with E-state index in [9.17, 15) is 0 Å². The Labute approximate surface area is 119 Å². The maximum atomic E-state index is 5.84. The summed E-state index contributed by atoms with van der Waals surface area (Å²) in [5.74, 6) is 0.795. The zero-order valence-electron chi connectivity index (χ0n) is 9.81. The van der Waals surface area contributed by atoms with E-state index in [1.165, 1.54) is 11.1 Å². The van der Waals surface area contributed by atoms with Crippen LogP contribution in [-0.4, -0.2) is 16.5 Å². The molecule has 0 atom stereocenters. The Morgan fingerprint density at radius 2 is 1.94 bits per heavy atom. The van der Waals surface area contributed by atoms with Gasteiger partial charge in [-0.15, -0.1) is 0 Å². The highest BCUT2D eigenvalue weighted by Crippen LogP contribution is 2.23. The van der Waals surface area contributed by atoms with Gasteiger partial charge in [0.1, 0.15) is 0 Å². The smallest absolute Gasteiger partial charge is 0.225 e. The number of hydrogen-bond acceptors (Lipinski definition) is 4. The van der Waals surface area contributed by atoms with E-state index in [-0.39, 0.29) is 0 Å². The van der Waals surface area contributed by atoms with Crippen LogP contribution in [-0.2, 0) is 13.0 Å². The van der Waals surface area contributed by atoms with E-state index in [2.05, 4.69) is 43.5 Å². The Morgan fingerprint density at radius 1 is 1.17 bits per heavy atom. The maximum absolute atomic E-state index is 5.84. The monoisotopic (exact) mass is 352 g/mol. The van der Waals surface area contributed by atoms with E-state index in [1.54, 1.807) is 0 Å². The predicted octanol–water partition coefficient (Wildman–Crippen LogP) is 2.23. The quantitative estimate of drug-likeness (QED) is 0.632. The van der Waals surface area contributed by atoms with Gasteiger partial charge in [-0.2, -0.15) is 0 Å². The molecular weight excluding hydrogens is 339 g/mol. The molecule has 0 fully saturated rings. The second-order valence-electron chi connectivity index (χ2n) is 4.40. The summed E-state index contributed by atoms with van der Waals surface area (Å²) in [4.78, 5) is 10.9. The summed E-state index contributed by atoms with van der Waals surface area (Å²) in [7, 11) is 0. The molecular formula is C13H13IN4. The minimum Gasteiger partial charge on any atom is -0.399 e. The van der Waals surface area contributed by atoms with E-state index in [0.717, 1.165) is 34.7 Å². The van der Waals surface area contributed by atoms with Crippen molar-refractivity contribution in [2.45, 2.75) is 13.0 Å². The second kappa shape index (κ2) is 4.72. The third-order valence-corrected chi connectivity index (χ3v) is 3.69. The number of hydrogen-bond donors (Lipinski definition) is 1. The molecule has 0 amide bonds. The number of aromatic nitrogens is 2. The fraction of sp³-hybridized carbons (Fsp3) is 0.231. The van der Waals surface area contributed by atoms with Gasteiger partial charge in [-0.1, -0.05) is 6.07 Å². The van der Waals surface area contributed by atoms with Crippen molar-refractivity contribution >= 4 is 34.2 Å². The van der Waals surface area contributed by atoms with Gasteiger partial charge in [0.05, 0.1) is 0 Å². The number of halogens is 1. The standard InChI is InChI=1S/C13H13IN4/c14-11-6-16-13(17-7-11)18-4-3-9-1-2-12(15)5-10(9)8-18/h1-2,5-7H,3-4,8,15H2. The summed E-state index contributed by atoms with van der Waals surface area (Å²) in [6, 6.07) is 6.14. The molecule has 18 heavy (non-hydrogen) atoms. The van der Waals surface area contributed by atoms with Crippen molar-refractivity contribution in [3.05, 3.63) is 45.3 Å². The lowest BCUT2D eigenvalue weighted by Gasteiger charge is -2.28. The zero-order chi connectivity index (χ0) is 12.5. The molecule has 0 bridgehead atoms. The number of anilines is 2. The molecule has 92 valence electrons. The highest BCUT2D eigenvalue weighted by molar-refractivity contribution is 14.1. The van der Waals surface area contributed by atoms with Crippen LogP contribution in [0.5, 0.6) is 0 Å². The molecule has 1 aliphatic rings. The fourth-order valence-electron chi connectivity index (χ4n) is 2.22. The molecule has 0 radical (unpaired) electrons. The molecule has 1 aromatic heterocycles. The molecule has 5 heteroatoms. The first kappa shape index (κ1) is 11.7. The van der Waals surface area contributed by atoms with Gasteiger partial charge in [0, 0.05) is 34.7 Å². The van der Waals surface area contributed by atoms with E-state index in [1.807, 2.05) is 24.5 Å². The SMILES string of the molecule is Nc1ccc2c(c1)CN(c1ncc(I)cn1)CC2. The van der Waals surface area contributed by atoms with Gasteiger partial charge in [0.25, 0.3) is 0 Å². The number of nitrogens with two attached hydrogens (primary N) is 1. The van der Waals surface area contributed by atoms with Crippen LogP contribution in [0.4, 0.5) is 11.6 Å². The lowest BCUT2D eigenvalue weighted by atomic mass is 9.99. The van der Waals surface area contributed by atoms with Crippen molar-refractivity contribution in [1.82, 2.24) is 9.97 Å². The van der Waals surface area contributed by atoms with Gasteiger partial charge in [-0.3, -0.25) is 0 Å². The van der Waals surface area contributed by atoms with Crippen molar-refractivity contribution in [3.8, 4) is 0 Å². The van der Waals surface area contributed by atoms with Crippen LogP contribution in [0.1, 0.15) is 11.1 Å². The number of benzene rings is 1. The summed E-state index contributed by atoms with van der Waals surface area (Å²) < 4.78 is 1.05.